The molecule has 2 aromatic carbocycles. The van der Waals surface area contributed by atoms with Crippen molar-refractivity contribution in [3.63, 3.8) is 0 Å². The maximum Gasteiger partial charge on any atom is 0.471 e. The van der Waals surface area contributed by atoms with Crippen molar-refractivity contribution in [3.05, 3.63) is 60.0 Å². The number of halogens is 3. The van der Waals surface area contributed by atoms with Crippen LogP contribution in [0.4, 0.5) is 24.5 Å². The maximum atomic E-state index is 12.5. The average molecular weight is 319 g/mol. The zero-order valence-electron chi connectivity index (χ0n) is 12.1. The SMILES string of the molecule is Cc1ccccc1Nc1cccc(-c2noc(C(F)(F)F)n2)c1. The molecule has 1 N–H and O–H groups in total. The second kappa shape index (κ2) is 5.75. The first-order valence-electron chi connectivity index (χ1n) is 6.77. The van der Waals surface area contributed by atoms with Gasteiger partial charge < -0.3 is 9.84 Å². The van der Waals surface area contributed by atoms with Crippen LogP contribution in [0.3, 0.4) is 0 Å². The summed E-state index contributed by atoms with van der Waals surface area (Å²) in [6.07, 6.45) is -4.65. The molecule has 118 valence electrons. The lowest BCUT2D eigenvalue weighted by Crippen LogP contribution is -2.04. The van der Waals surface area contributed by atoms with E-state index in [-0.39, 0.29) is 5.82 Å². The van der Waals surface area contributed by atoms with Crippen molar-refractivity contribution >= 4 is 11.4 Å². The van der Waals surface area contributed by atoms with Gasteiger partial charge in [-0.25, -0.2) is 0 Å². The van der Waals surface area contributed by atoms with Crippen LogP contribution in [0, 0.1) is 6.92 Å². The highest BCUT2D eigenvalue weighted by Gasteiger charge is 2.38. The molecule has 0 fully saturated rings. The summed E-state index contributed by atoms with van der Waals surface area (Å²) in [4.78, 5) is 3.39. The molecule has 0 atom stereocenters. The van der Waals surface area contributed by atoms with E-state index in [1.54, 1.807) is 24.3 Å². The number of alkyl halides is 3. The van der Waals surface area contributed by atoms with Crippen molar-refractivity contribution in [1.82, 2.24) is 10.1 Å². The maximum absolute atomic E-state index is 12.5. The summed E-state index contributed by atoms with van der Waals surface area (Å²) in [5, 5.41) is 6.60. The van der Waals surface area contributed by atoms with Crippen LogP contribution in [0.25, 0.3) is 11.4 Å². The van der Waals surface area contributed by atoms with Crippen LogP contribution in [0.1, 0.15) is 11.5 Å². The second-order valence-corrected chi connectivity index (χ2v) is 4.94. The summed E-state index contributed by atoms with van der Waals surface area (Å²) < 4.78 is 41.8. The molecular weight excluding hydrogens is 307 g/mol. The Balaban J connectivity index is 1.88. The fourth-order valence-corrected chi connectivity index (χ4v) is 2.06. The second-order valence-electron chi connectivity index (χ2n) is 4.94. The first-order valence-corrected chi connectivity index (χ1v) is 6.77. The van der Waals surface area contributed by atoms with Gasteiger partial charge in [-0.3, -0.25) is 0 Å². The Morgan fingerprint density at radius 2 is 1.83 bits per heavy atom. The van der Waals surface area contributed by atoms with Crippen LogP contribution in [-0.4, -0.2) is 10.1 Å². The van der Waals surface area contributed by atoms with Crippen LogP contribution in [0.2, 0.25) is 0 Å². The van der Waals surface area contributed by atoms with Crippen LogP contribution >= 0.6 is 0 Å². The number of aryl methyl sites for hydroxylation is 1. The molecule has 0 saturated carbocycles. The van der Waals surface area contributed by atoms with E-state index < -0.39 is 12.1 Å². The van der Waals surface area contributed by atoms with E-state index in [4.69, 9.17) is 0 Å². The van der Waals surface area contributed by atoms with E-state index in [9.17, 15) is 13.2 Å². The Morgan fingerprint density at radius 1 is 1.04 bits per heavy atom. The third-order valence-corrected chi connectivity index (χ3v) is 3.21. The Hall–Kier alpha value is -2.83. The summed E-state index contributed by atoms with van der Waals surface area (Å²) in [5.41, 5.74) is 3.11. The molecule has 0 aliphatic heterocycles. The number of nitrogens with zero attached hydrogens (tertiary/aromatic N) is 2. The van der Waals surface area contributed by atoms with Crippen LogP contribution in [-0.2, 0) is 6.18 Å². The van der Waals surface area contributed by atoms with Crippen LogP contribution in [0.15, 0.2) is 53.1 Å². The smallest absolute Gasteiger partial charge is 0.355 e. The van der Waals surface area contributed by atoms with E-state index >= 15 is 0 Å². The average Bonchev–Trinajstić information content (AvgIpc) is 3.00. The number of anilines is 2. The van der Waals surface area contributed by atoms with E-state index in [0.717, 1.165) is 16.9 Å². The molecule has 1 heterocycles. The molecule has 0 aliphatic carbocycles. The lowest BCUT2D eigenvalue weighted by Gasteiger charge is -2.09. The fraction of sp³-hybridized carbons (Fsp3) is 0.125. The van der Waals surface area contributed by atoms with Gasteiger partial charge in [-0.15, -0.1) is 0 Å². The van der Waals surface area contributed by atoms with Gasteiger partial charge in [0.1, 0.15) is 0 Å². The van der Waals surface area contributed by atoms with E-state index in [1.807, 2.05) is 31.2 Å². The van der Waals surface area contributed by atoms with Gasteiger partial charge in [0.2, 0.25) is 5.82 Å². The van der Waals surface area contributed by atoms with Crippen molar-refractivity contribution in [2.24, 2.45) is 0 Å². The van der Waals surface area contributed by atoms with Gasteiger partial charge in [-0.05, 0) is 30.7 Å². The molecule has 0 unspecified atom stereocenters. The molecule has 23 heavy (non-hydrogen) atoms. The first kappa shape index (κ1) is 15.1. The molecule has 3 rings (SSSR count). The van der Waals surface area contributed by atoms with Crippen LogP contribution in [0.5, 0.6) is 0 Å². The fourth-order valence-electron chi connectivity index (χ4n) is 2.06. The minimum Gasteiger partial charge on any atom is -0.355 e. The number of para-hydroxylation sites is 1. The third-order valence-electron chi connectivity index (χ3n) is 3.21. The zero-order chi connectivity index (χ0) is 16.4. The highest BCUT2D eigenvalue weighted by Crippen LogP contribution is 2.30. The summed E-state index contributed by atoms with van der Waals surface area (Å²) in [7, 11) is 0. The van der Waals surface area contributed by atoms with Crippen molar-refractivity contribution in [3.8, 4) is 11.4 Å². The minimum absolute atomic E-state index is 0.106. The van der Waals surface area contributed by atoms with Gasteiger partial charge in [0.15, 0.2) is 0 Å². The standard InChI is InChI=1S/C16H12F3N3O/c1-10-5-2-3-8-13(10)20-12-7-4-6-11(9-12)14-21-15(23-22-14)16(17,18)19/h2-9,20H,1H3. The van der Waals surface area contributed by atoms with Gasteiger partial charge in [-0.2, -0.15) is 18.2 Å². The zero-order valence-corrected chi connectivity index (χ0v) is 12.1. The molecular formula is C16H12F3N3O. The number of aromatic nitrogens is 2. The predicted octanol–water partition coefficient (Wildman–Crippen LogP) is 4.81. The highest BCUT2D eigenvalue weighted by molar-refractivity contribution is 5.68. The molecule has 0 radical (unpaired) electrons. The third kappa shape index (κ3) is 3.33. The van der Waals surface area contributed by atoms with E-state index in [1.165, 1.54) is 0 Å². The lowest BCUT2D eigenvalue weighted by molar-refractivity contribution is -0.159. The van der Waals surface area contributed by atoms with Crippen molar-refractivity contribution < 1.29 is 17.7 Å². The normalized spacial score (nSPS) is 11.5. The number of rotatable bonds is 3. The monoisotopic (exact) mass is 319 g/mol. The Morgan fingerprint density at radius 3 is 2.52 bits per heavy atom. The van der Waals surface area contributed by atoms with Gasteiger partial charge >= 0.3 is 12.1 Å². The number of nitrogens with one attached hydrogen (secondary N) is 1. The highest BCUT2D eigenvalue weighted by atomic mass is 19.4. The predicted molar refractivity (Wildman–Crippen MR) is 79.2 cm³/mol. The molecule has 0 aliphatic rings. The molecule has 4 nitrogen and oxygen atoms in total. The lowest BCUT2D eigenvalue weighted by atomic mass is 10.1. The van der Waals surface area contributed by atoms with E-state index in [0.29, 0.717) is 5.56 Å². The molecule has 1 aromatic heterocycles. The quantitative estimate of drug-likeness (QED) is 0.753. The minimum atomic E-state index is -4.65. The topological polar surface area (TPSA) is 51.0 Å². The number of hydrogen-bond donors (Lipinski definition) is 1. The summed E-state index contributed by atoms with van der Waals surface area (Å²) in [5.74, 6) is -1.46. The van der Waals surface area contributed by atoms with Gasteiger partial charge in [0.05, 0.1) is 0 Å². The summed E-state index contributed by atoms with van der Waals surface area (Å²) >= 11 is 0. The molecule has 0 spiro atoms. The number of hydrogen-bond acceptors (Lipinski definition) is 4. The summed E-state index contributed by atoms with van der Waals surface area (Å²) in [6, 6.07) is 14.5. The van der Waals surface area contributed by atoms with Gasteiger partial charge in [0, 0.05) is 16.9 Å². The molecule has 7 heteroatoms. The van der Waals surface area contributed by atoms with Crippen molar-refractivity contribution in [2.45, 2.75) is 13.1 Å². The largest absolute Gasteiger partial charge is 0.471 e. The Bertz CT molecular complexity index is 827. The first-order chi connectivity index (χ1) is 10.9. The Labute approximate surface area is 130 Å². The van der Waals surface area contributed by atoms with Gasteiger partial charge in [-0.1, -0.05) is 35.5 Å². The summed E-state index contributed by atoms with van der Waals surface area (Å²) in [6.45, 7) is 1.96. The molecule has 0 saturated heterocycles. The van der Waals surface area contributed by atoms with E-state index in [2.05, 4.69) is 20.0 Å². The molecule has 0 bridgehead atoms. The van der Waals surface area contributed by atoms with Crippen molar-refractivity contribution in [2.75, 3.05) is 5.32 Å². The Kier molecular flexibility index (Phi) is 3.77. The molecule has 0 amide bonds. The van der Waals surface area contributed by atoms with Crippen molar-refractivity contribution in [1.29, 1.82) is 0 Å². The van der Waals surface area contributed by atoms with Gasteiger partial charge in [0.25, 0.3) is 0 Å². The molecule has 3 aromatic rings. The van der Waals surface area contributed by atoms with Crippen LogP contribution < -0.4 is 5.32 Å². The number of benzene rings is 2.